The second-order valence-corrected chi connectivity index (χ2v) is 8.75. The molecule has 8 nitrogen and oxygen atoms in total. The molecule has 3 fully saturated rings. The van der Waals surface area contributed by atoms with Crippen LogP contribution in [-0.4, -0.2) is 60.9 Å². The molecular formula is C21H27NO7. The summed E-state index contributed by atoms with van der Waals surface area (Å²) in [5, 5.41) is 4.22. The molecule has 1 aromatic rings. The summed E-state index contributed by atoms with van der Waals surface area (Å²) in [6.45, 7) is 8.04. The Morgan fingerprint density at radius 1 is 1.00 bits per heavy atom. The lowest BCUT2D eigenvalue weighted by atomic mass is 9.97. The monoisotopic (exact) mass is 405 g/mol. The van der Waals surface area contributed by atoms with Crippen LogP contribution in [0.15, 0.2) is 35.5 Å². The Bertz CT molecular complexity index is 793. The van der Waals surface area contributed by atoms with E-state index >= 15 is 0 Å². The van der Waals surface area contributed by atoms with Gasteiger partial charge in [0, 0.05) is 0 Å². The highest BCUT2D eigenvalue weighted by Gasteiger charge is 2.64. The summed E-state index contributed by atoms with van der Waals surface area (Å²) < 4.78 is 36.7. The molecule has 29 heavy (non-hydrogen) atoms. The van der Waals surface area contributed by atoms with E-state index in [2.05, 4.69) is 5.16 Å². The molecule has 0 unspecified atom stereocenters. The molecule has 4 heterocycles. The Morgan fingerprint density at radius 2 is 1.79 bits per heavy atom. The fraction of sp³-hybridized carbons (Fsp3) is 0.667. The highest BCUT2D eigenvalue weighted by molar-refractivity contribution is 6.01. The van der Waals surface area contributed by atoms with Crippen LogP contribution in [0.5, 0.6) is 0 Å². The lowest BCUT2D eigenvalue weighted by Crippen LogP contribution is -2.63. The Balaban J connectivity index is 1.37. The molecule has 3 saturated heterocycles. The Morgan fingerprint density at radius 3 is 2.52 bits per heavy atom. The van der Waals surface area contributed by atoms with Gasteiger partial charge in [0.1, 0.15) is 24.9 Å². The van der Waals surface area contributed by atoms with Gasteiger partial charge in [0.25, 0.3) is 0 Å². The van der Waals surface area contributed by atoms with Gasteiger partial charge in [-0.1, -0.05) is 35.5 Å². The van der Waals surface area contributed by atoms with E-state index in [-0.39, 0.29) is 18.8 Å². The zero-order chi connectivity index (χ0) is 20.3. The second-order valence-electron chi connectivity index (χ2n) is 8.75. The van der Waals surface area contributed by atoms with Gasteiger partial charge < -0.3 is 33.3 Å². The highest BCUT2D eigenvalue weighted by atomic mass is 16.9. The molecule has 5 atom stereocenters. The number of benzene rings is 1. The molecule has 5 rings (SSSR count). The van der Waals surface area contributed by atoms with E-state index < -0.39 is 29.8 Å². The molecule has 4 aliphatic heterocycles. The van der Waals surface area contributed by atoms with Crippen LogP contribution in [0, 0.1) is 0 Å². The summed E-state index contributed by atoms with van der Waals surface area (Å²) in [6.07, 6.45) is -1.29. The van der Waals surface area contributed by atoms with Crippen LogP contribution in [0.1, 0.15) is 39.7 Å². The molecule has 1 aromatic carbocycles. The molecule has 0 N–H and O–H groups in total. The number of hydrogen-bond acceptors (Lipinski definition) is 8. The van der Waals surface area contributed by atoms with Gasteiger partial charge in [-0.25, -0.2) is 0 Å². The van der Waals surface area contributed by atoms with Crippen molar-refractivity contribution in [3.8, 4) is 0 Å². The minimum Gasteiger partial charge on any atom is -0.363 e. The smallest absolute Gasteiger partial charge is 0.233 e. The van der Waals surface area contributed by atoms with Gasteiger partial charge >= 0.3 is 0 Å². The molecule has 0 bridgehead atoms. The van der Waals surface area contributed by atoms with Crippen molar-refractivity contribution in [2.24, 2.45) is 5.16 Å². The van der Waals surface area contributed by atoms with Crippen molar-refractivity contribution in [2.45, 2.75) is 76.1 Å². The zero-order valence-electron chi connectivity index (χ0n) is 17.1. The van der Waals surface area contributed by atoms with E-state index in [4.69, 9.17) is 33.3 Å². The topological polar surface area (TPSA) is 77.0 Å². The van der Waals surface area contributed by atoms with E-state index in [1.165, 1.54) is 0 Å². The van der Waals surface area contributed by atoms with Crippen molar-refractivity contribution in [1.29, 1.82) is 0 Å². The van der Waals surface area contributed by atoms with Crippen LogP contribution in [0.25, 0.3) is 0 Å². The van der Waals surface area contributed by atoms with Crippen LogP contribution < -0.4 is 0 Å². The number of nitrogens with zero attached hydrogens (tertiary/aromatic N) is 1. The molecule has 1 spiro atoms. The average molecular weight is 405 g/mol. The predicted octanol–water partition coefficient (Wildman–Crippen LogP) is 2.55. The first kappa shape index (κ1) is 19.4. The molecular weight excluding hydrogens is 378 g/mol. The molecule has 0 saturated carbocycles. The first-order valence-corrected chi connectivity index (χ1v) is 10.0. The lowest BCUT2D eigenvalue weighted by Gasteiger charge is -2.44. The van der Waals surface area contributed by atoms with Crippen LogP contribution in [0.2, 0.25) is 0 Å². The van der Waals surface area contributed by atoms with E-state index in [1.54, 1.807) is 0 Å². The maximum absolute atomic E-state index is 6.37. The Kier molecular flexibility index (Phi) is 4.51. The summed E-state index contributed by atoms with van der Waals surface area (Å²) >= 11 is 0. The third kappa shape index (κ3) is 3.58. The first-order valence-electron chi connectivity index (χ1n) is 10.0. The second kappa shape index (κ2) is 6.73. The number of fused-ring (bicyclic) bond motifs is 1. The van der Waals surface area contributed by atoms with Crippen LogP contribution in [0.3, 0.4) is 0 Å². The third-order valence-electron chi connectivity index (χ3n) is 5.53. The summed E-state index contributed by atoms with van der Waals surface area (Å²) in [5.41, 5.74) is 1.85. The Labute approximate surface area is 170 Å². The molecule has 4 aliphatic rings. The lowest BCUT2D eigenvalue weighted by molar-refractivity contribution is -0.353. The average Bonchev–Trinajstić information content (AvgIpc) is 3.34. The van der Waals surface area contributed by atoms with Gasteiger partial charge in [0.15, 0.2) is 11.6 Å². The number of ether oxygens (including phenoxy) is 6. The fourth-order valence-corrected chi connectivity index (χ4v) is 4.34. The minimum atomic E-state index is -1.09. The van der Waals surface area contributed by atoms with Crippen molar-refractivity contribution >= 4 is 5.71 Å². The molecule has 0 radical (unpaired) electrons. The summed E-state index contributed by atoms with van der Waals surface area (Å²) in [6, 6.07) is 9.91. The molecule has 0 aliphatic carbocycles. The number of oxime groups is 1. The molecule has 8 heteroatoms. The minimum absolute atomic E-state index is 0.233. The van der Waals surface area contributed by atoms with Crippen molar-refractivity contribution in [3.63, 3.8) is 0 Å². The van der Waals surface area contributed by atoms with Crippen molar-refractivity contribution in [3.05, 3.63) is 35.9 Å². The summed E-state index contributed by atoms with van der Waals surface area (Å²) in [7, 11) is 0. The fourth-order valence-electron chi connectivity index (χ4n) is 4.34. The first-order chi connectivity index (χ1) is 13.8. The molecule has 0 amide bonds. The SMILES string of the molecule is CC1(C)O[C@H]2[C@@H](O[C@H]3CC(c4ccccc4)=NO3)[C@@]3(COC(C)(C)O3)OC[C@H]2O1. The predicted molar refractivity (Wildman–Crippen MR) is 101 cm³/mol. The maximum Gasteiger partial charge on any atom is 0.233 e. The molecule has 158 valence electrons. The van der Waals surface area contributed by atoms with Gasteiger partial charge in [0.05, 0.1) is 18.7 Å². The zero-order valence-corrected chi connectivity index (χ0v) is 17.1. The van der Waals surface area contributed by atoms with Crippen LogP contribution in [0.4, 0.5) is 0 Å². The van der Waals surface area contributed by atoms with E-state index in [0.717, 1.165) is 11.3 Å². The van der Waals surface area contributed by atoms with Crippen molar-refractivity contribution < 1.29 is 33.3 Å². The largest absolute Gasteiger partial charge is 0.363 e. The van der Waals surface area contributed by atoms with Crippen molar-refractivity contribution in [2.75, 3.05) is 13.2 Å². The van der Waals surface area contributed by atoms with Gasteiger partial charge in [-0.2, -0.15) is 0 Å². The van der Waals surface area contributed by atoms with Gasteiger partial charge in [-0.3, -0.25) is 0 Å². The van der Waals surface area contributed by atoms with Crippen molar-refractivity contribution in [1.82, 2.24) is 0 Å². The normalized spacial score (nSPS) is 39.9. The van der Waals surface area contributed by atoms with E-state index in [0.29, 0.717) is 13.0 Å². The van der Waals surface area contributed by atoms with Crippen LogP contribution >= 0.6 is 0 Å². The maximum atomic E-state index is 6.37. The quantitative estimate of drug-likeness (QED) is 0.765. The van der Waals surface area contributed by atoms with Gasteiger partial charge in [0.2, 0.25) is 12.1 Å². The number of rotatable bonds is 3. The van der Waals surface area contributed by atoms with E-state index in [9.17, 15) is 0 Å². The standard InChI is InChI=1S/C21H27NO7/c1-19(2)24-12-21(29-19)18(17-15(11-23-21)26-20(3,4)27-17)25-16-10-14(22-28-16)13-8-6-5-7-9-13/h5-9,15-18H,10-12H2,1-4H3/t15-,16-,17-,18-,21+/m1/s1. The van der Waals surface area contributed by atoms with Gasteiger partial charge in [-0.15, -0.1) is 0 Å². The van der Waals surface area contributed by atoms with Gasteiger partial charge in [-0.05, 0) is 33.3 Å². The number of hydrogen-bond donors (Lipinski definition) is 0. The third-order valence-corrected chi connectivity index (χ3v) is 5.53. The van der Waals surface area contributed by atoms with Crippen LogP contribution in [-0.2, 0) is 33.3 Å². The van der Waals surface area contributed by atoms with E-state index in [1.807, 2.05) is 58.0 Å². The Hall–Kier alpha value is -1.55. The highest BCUT2D eigenvalue weighted by Crippen LogP contribution is 2.46. The summed E-state index contributed by atoms with van der Waals surface area (Å²) in [5.74, 6) is -2.61. The molecule has 0 aromatic heterocycles. The summed E-state index contributed by atoms with van der Waals surface area (Å²) in [4.78, 5) is 5.60.